The van der Waals surface area contributed by atoms with Crippen LogP contribution in [0.3, 0.4) is 0 Å². The molecule has 0 unspecified atom stereocenters. The van der Waals surface area contributed by atoms with Gasteiger partial charge in [-0.15, -0.1) is 0 Å². The van der Waals surface area contributed by atoms with Gasteiger partial charge >= 0.3 is 0 Å². The highest BCUT2D eigenvalue weighted by Gasteiger charge is 2.20. The SMILES string of the molecule is COc1cc(C(=O)c2ccoc2)c(OC)c2ccccc12. The van der Waals surface area contributed by atoms with E-state index in [2.05, 4.69) is 0 Å². The summed E-state index contributed by atoms with van der Waals surface area (Å²) in [5.41, 5.74) is 0.931. The zero-order valence-corrected chi connectivity index (χ0v) is 11.8. The molecule has 0 atom stereocenters. The number of carbonyl (C=O) groups excluding carboxylic acids is 1. The molecule has 0 saturated heterocycles. The summed E-state index contributed by atoms with van der Waals surface area (Å²) >= 11 is 0. The molecule has 0 saturated carbocycles. The summed E-state index contributed by atoms with van der Waals surface area (Å²) in [6, 6.07) is 11.0. The number of carbonyl (C=O) groups is 1. The van der Waals surface area contributed by atoms with E-state index in [9.17, 15) is 4.79 Å². The fourth-order valence-electron chi connectivity index (χ4n) is 2.42. The van der Waals surface area contributed by atoms with Gasteiger partial charge in [-0.1, -0.05) is 24.3 Å². The average Bonchev–Trinajstić information content (AvgIpc) is 3.07. The lowest BCUT2D eigenvalue weighted by atomic mass is 9.99. The van der Waals surface area contributed by atoms with Crippen molar-refractivity contribution in [3.05, 3.63) is 60.1 Å². The van der Waals surface area contributed by atoms with Crippen LogP contribution in [0.1, 0.15) is 15.9 Å². The van der Waals surface area contributed by atoms with Crippen LogP contribution in [0, 0.1) is 0 Å². The fraction of sp³-hybridized carbons (Fsp3) is 0.118. The van der Waals surface area contributed by atoms with Crippen LogP contribution < -0.4 is 9.47 Å². The summed E-state index contributed by atoms with van der Waals surface area (Å²) in [4.78, 5) is 12.6. The summed E-state index contributed by atoms with van der Waals surface area (Å²) in [5, 5.41) is 1.74. The second-order valence-electron chi connectivity index (χ2n) is 4.55. The van der Waals surface area contributed by atoms with Gasteiger partial charge in [-0.3, -0.25) is 4.79 Å². The van der Waals surface area contributed by atoms with Crippen molar-refractivity contribution in [3.8, 4) is 11.5 Å². The van der Waals surface area contributed by atoms with Crippen molar-refractivity contribution < 1.29 is 18.7 Å². The molecule has 4 heteroatoms. The topological polar surface area (TPSA) is 48.7 Å². The Labute approximate surface area is 121 Å². The normalized spacial score (nSPS) is 10.6. The minimum atomic E-state index is -0.162. The first-order chi connectivity index (χ1) is 10.3. The van der Waals surface area contributed by atoms with Crippen molar-refractivity contribution in [2.45, 2.75) is 0 Å². The van der Waals surface area contributed by atoms with Gasteiger partial charge in [0.15, 0.2) is 5.78 Å². The lowest BCUT2D eigenvalue weighted by Gasteiger charge is -2.14. The Hall–Kier alpha value is -2.75. The van der Waals surface area contributed by atoms with E-state index in [-0.39, 0.29) is 5.78 Å². The number of rotatable bonds is 4. The van der Waals surface area contributed by atoms with E-state index >= 15 is 0 Å². The summed E-state index contributed by atoms with van der Waals surface area (Å²) in [6.07, 6.45) is 2.89. The molecule has 106 valence electrons. The van der Waals surface area contributed by atoms with Crippen molar-refractivity contribution in [2.24, 2.45) is 0 Å². The number of ether oxygens (including phenoxy) is 2. The largest absolute Gasteiger partial charge is 0.496 e. The van der Waals surface area contributed by atoms with E-state index in [0.717, 1.165) is 10.8 Å². The minimum absolute atomic E-state index is 0.162. The van der Waals surface area contributed by atoms with E-state index in [0.29, 0.717) is 22.6 Å². The van der Waals surface area contributed by atoms with Crippen LogP contribution >= 0.6 is 0 Å². The Bertz CT molecular complexity index is 788. The predicted molar refractivity (Wildman–Crippen MR) is 79.2 cm³/mol. The van der Waals surface area contributed by atoms with Crippen LogP contribution in [-0.2, 0) is 0 Å². The van der Waals surface area contributed by atoms with E-state index in [4.69, 9.17) is 13.9 Å². The van der Waals surface area contributed by atoms with Crippen LogP contribution in [0.15, 0.2) is 53.3 Å². The average molecular weight is 282 g/mol. The molecular formula is C17H14O4. The van der Waals surface area contributed by atoms with Gasteiger partial charge in [-0.2, -0.15) is 0 Å². The summed E-state index contributed by atoms with van der Waals surface area (Å²) < 4.78 is 15.9. The van der Waals surface area contributed by atoms with Crippen molar-refractivity contribution >= 4 is 16.6 Å². The molecule has 0 N–H and O–H groups in total. The van der Waals surface area contributed by atoms with Crippen LogP contribution in [-0.4, -0.2) is 20.0 Å². The third-order valence-corrected chi connectivity index (χ3v) is 3.41. The summed E-state index contributed by atoms with van der Waals surface area (Å²) in [7, 11) is 3.14. The molecule has 2 aromatic carbocycles. The quantitative estimate of drug-likeness (QED) is 0.685. The second-order valence-corrected chi connectivity index (χ2v) is 4.55. The number of hydrogen-bond donors (Lipinski definition) is 0. The molecule has 0 amide bonds. The van der Waals surface area contributed by atoms with Crippen molar-refractivity contribution in [1.29, 1.82) is 0 Å². The highest BCUT2D eigenvalue weighted by Crippen LogP contribution is 2.37. The first kappa shape index (κ1) is 13.2. The molecular weight excluding hydrogens is 268 g/mol. The lowest BCUT2D eigenvalue weighted by molar-refractivity contribution is 0.103. The number of hydrogen-bond acceptors (Lipinski definition) is 4. The number of fused-ring (bicyclic) bond motifs is 1. The standard InChI is InChI=1S/C17H14O4/c1-19-15-9-14(16(18)11-7-8-21-10-11)17(20-2)13-6-4-3-5-12(13)15/h3-10H,1-2H3. The van der Waals surface area contributed by atoms with Crippen LogP contribution in [0.5, 0.6) is 11.5 Å². The molecule has 3 rings (SSSR count). The molecule has 0 radical (unpaired) electrons. The Balaban J connectivity index is 2.29. The first-order valence-corrected chi connectivity index (χ1v) is 6.47. The number of methoxy groups -OCH3 is 2. The molecule has 0 aliphatic carbocycles. The number of ketones is 1. The molecule has 0 fully saturated rings. The number of furan rings is 1. The van der Waals surface area contributed by atoms with Crippen molar-refractivity contribution in [1.82, 2.24) is 0 Å². The number of benzene rings is 2. The Morgan fingerprint density at radius 2 is 1.81 bits per heavy atom. The zero-order valence-electron chi connectivity index (χ0n) is 11.8. The first-order valence-electron chi connectivity index (χ1n) is 6.47. The zero-order chi connectivity index (χ0) is 14.8. The highest BCUT2D eigenvalue weighted by molar-refractivity contribution is 6.14. The van der Waals surface area contributed by atoms with E-state index in [1.165, 1.54) is 12.5 Å². The minimum Gasteiger partial charge on any atom is -0.496 e. The molecule has 0 aliphatic heterocycles. The van der Waals surface area contributed by atoms with E-state index < -0.39 is 0 Å². The van der Waals surface area contributed by atoms with Gasteiger partial charge in [0.25, 0.3) is 0 Å². The Kier molecular flexibility index (Phi) is 3.36. The Morgan fingerprint density at radius 1 is 1.05 bits per heavy atom. The van der Waals surface area contributed by atoms with Gasteiger partial charge in [-0.25, -0.2) is 0 Å². The fourth-order valence-corrected chi connectivity index (χ4v) is 2.42. The summed E-state index contributed by atoms with van der Waals surface area (Å²) in [6.45, 7) is 0. The third-order valence-electron chi connectivity index (χ3n) is 3.41. The van der Waals surface area contributed by atoms with Gasteiger partial charge in [0.2, 0.25) is 0 Å². The van der Waals surface area contributed by atoms with Crippen molar-refractivity contribution in [3.63, 3.8) is 0 Å². The van der Waals surface area contributed by atoms with Crippen LogP contribution in [0.4, 0.5) is 0 Å². The van der Waals surface area contributed by atoms with Crippen LogP contribution in [0.25, 0.3) is 10.8 Å². The molecule has 1 heterocycles. The van der Waals surface area contributed by atoms with Crippen LogP contribution in [0.2, 0.25) is 0 Å². The Morgan fingerprint density at radius 3 is 2.43 bits per heavy atom. The second kappa shape index (κ2) is 5.32. The van der Waals surface area contributed by atoms with Gasteiger partial charge in [0, 0.05) is 10.8 Å². The van der Waals surface area contributed by atoms with Crippen molar-refractivity contribution in [2.75, 3.05) is 14.2 Å². The molecule has 3 aromatic rings. The monoisotopic (exact) mass is 282 g/mol. The molecule has 0 spiro atoms. The molecule has 0 aliphatic rings. The molecule has 1 aromatic heterocycles. The smallest absolute Gasteiger partial charge is 0.200 e. The summed E-state index contributed by atoms with van der Waals surface area (Å²) in [5.74, 6) is 1.01. The van der Waals surface area contributed by atoms with Gasteiger partial charge in [0.05, 0.1) is 31.6 Å². The van der Waals surface area contributed by atoms with E-state index in [1.54, 1.807) is 26.4 Å². The van der Waals surface area contributed by atoms with Gasteiger partial charge < -0.3 is 13.9 Å². The molecule has 0 bridgehead atoms. The molecule has 21 heavy (non-hydrogen) atoms. The highest BCUT2D eigenvalue weighted by atomic mass is 16.5. The van der Waals surface area contributed by atoms with Gasteiger partial charge in [-0.05, 0) is 12.1 Å². The predicted octanol–water partition coefficient (Wildman–Crippen LogP) is 3.68. The maximum atomic E-state index is 12.6. The molecule has 4 nitrogen and oxygen atoms in total. The maximum Gasteiger partial charge on any atom is 0.200 e. The van der Waals surface area contributed by atoms with Gasteiger partial charge in [0.1, 0.15) is 17.8 Å². The third kappa shape index (κ3) is 2.14. The lowest BCUT2D eigenvalue weighted by Crippen LogP contribution is -2.04. The maximum absolute atomic E-state index is 12.6. The van der Waals surface area contributed by atoms with E-state index in [1.807, 2.05) is 24.3 Å².